The zero-order chi connectivity index (χ0) is 10.1. The molecule has 0 fully saturated rings. The van der Waals surface area contributed by atoms with Crippen LogP contribution in [-0.4, -0.2) is 16.3 Å². The fourth-order valence-corrected chi connectivity index (χ4v) is 2.10. The number of hydrogen-bond donors (Lipinski definition) is 3. The molecular weight excluding hydrogens is 178 g/mol. The molecule has 3 heteroatoms. The second-order valence-corrected chi connectivity index (χ2v) is 3.87. The number of benzene rings is 1. The second kappa shape index (κ2) is 3.69. The average molecular weight is 193 g/mol. The lowest BCUT2D eigenvalue weighted by atomic mass is 10.0. The van der Waals surface area contributed by atoms with Crippen LogP contribution in [0.4, 0.5) is 0 Å². The third-order valence-electron chi connectivity index (χ3n) is 2.83. The van der Waals surface area contributed by atoms with Gasteiger partial charge in [-0.25, -0.2) is 0 Å². The van der Waals surface area contributed by atoms with Gasteiger partial charge in [-0.1, -0.05) is 12.1 Å². The molecular formula is C11H15NO2. The number of hydrogen-bond acceptors (Lipinski definition) is 3. The van der Waals surface area contributed by atoms with E-state index in [-0.39, 0.29) is 19.3 Å². The third kappa shape index (κ3) is 1.54. The van der Waals surface area contributed by atoms with Crippen LogP contribution >= 0.6 is 0 Å². The molecule has 0 bridgehead atoms. The Morgan fingerprint density at radius 2 is 1.50 bits per heavy atom. The molecule has 0 unspecified atom stereocenters. The number of fused-ring (bicyclic) bond motifs is 1. The summed E-state index contributed by atoms with van der Waals surface area (Å²) in [4.78, 5) is 0. The summed E-state index contributed by atoms with van der Waals surface area (Å²) in [5.74, 6) is 0. The summed E-state index contributed by atoms with van der Waals surface area (Å²) in [7, 11) is 0. The highest BCUT2D eigenvalue weighted by atomic mass is 16.3. The molecule has 0 amide bonds. The first-order valence-electron chi connectivity index (χ1n) is 4.85. The van der Waals surface area contributed by atoms with Crippen molar-refractivity contribution in [2.45, 2.75) is 32.1 Å². The van der Waals surface area contributed by atoms with Crippen molar-refractivity contribution >= 4 is 0 Å². The van der Waals surface area contributed by atoms with Crippen molar-refractivity contribution in [2.24, 2.45) is 5.73 Å². The molecule has 2 rings (SSSR count). The molecule has 0 heterocycles. The number of aliphatic hydroxyl groups is 2. The largest absolute Gasteiger partial charge is 0.392 e. The van der Waals surface area contributed by atoms with Gasteiger partial charge in [0, 0.05) is 6.04 Å². The summed E-state index contributed by atoms with van der Waals surface area (Å²) in [6.45, 7) is -0.0309. The molecule has 1 aliphatic carbocycles. The summed E-state index contributed by atoms with van der Waals surface area (Å²) in [5.41, 5.74) is 9.92. The maximum Gasteiger partial charge on any atom is 0.0685 e. The number of aliphatic hydroxyl groups excluding tert-OH is 2. The molecule has 1 aromatic rings. The highest BCUT2D eigenvalue weighted by Gasteiger charge is 2.19. The van der Waals surface area contributed by atoms with Crippen LogP contribution in [0, 0.1) is 0 Å². The summed E-state index contributed by atoms with van der Waals surface area (Å²) >= 11 is 0. The monoisotopic (exact) mass is 193 g/mol. The van der Waals surface area contributed by atoms with E-state index in [1.54, 1.807) is 0 Å². The van der Waals surface area contributed by atoms with Gasteiger partial charge in [0.1, 0.15) is 0 Å². The van der Waals surface area contributed by atoms with Crippen LogP contribution in [0.25, 0.3) is 0 Å². The minimum absolute atomic E-state index is 0.0155. The molecule has 0 aromatic heterocycles. The molecule has 0 radical (unpaired) electrons. The van der Waals surface area contributed by atoms with Crippen molar-refractivity contribution < 1.29 is 10.2 Å². The van der Waals surface area contributed by atoms with Crippen LogP contribution in [0.2, 0.25) is 0 Å². The van der Waals surface area contributed by atoms with Gasteiger partial charge in [0.15, 0.2) is 0 Å². The number of nitrogens with two attached hydrogens (primary N) is 1. The van der Waals surface area contributed by atoms with Crippen LogP contribution in [0.15, 0.2) is 12.1 Å². The third-order valence-corrected chi connectivity index (χ3v) is 2.83. The first-order chi connectivity index (χ1) is 6.74. The SMILES string of the molecule is NC1Cc2cc(CO)c(CO)cc2C1. The molecule has 0 saturated heterocycles. The molecule has 14 heavy (non-hydrogen) atoms. The fraction of sp³-hybridized carbons (Fsp3) is 0.455. The Morgan fingerprint density at radius 3 is 1.86 bits per heavy atom. The fourth-order valence-electron chi connectivity index (χ4n) is 2.10. The van der Waals surface area contributed by atoms with Crippen molar-refractivity contribution in [3.05, 3.63) is 34.4 Å². The van der Waals surface area contributed by atoms with E-state index < -0.39 is 0 Å². The lowest BCUT2D eigenvalue weighted by Crippen LogP contribution is -2.18. The van der Waals surface area contributed by atoms with E-state index in [2.05, 4.69) is 0 Å². The molecule has 3 nitrogen and oxygen atoms in total. The molecule has 0 spiro atoms. The van der Waals surface area contributed by atoms with Gasteiger partial charge in [0.2, 0.25) is 0 Å². The smallest absolute Gasteiger partial charge is 0.0685 e. The van der Waals surface area contributed by atoms with E-state index in [0.29, 0.717) is 0 Å². The second-order valence-electron chi connectivity index (χ2n) is 3.87. The van der Waals surface area contributed by atoms with Gasteiger partial charge < -0.3 is 15.9 Å². The molecule has 76 valence electrons. The van der Waals surface area contributed by atoms with Crippen LogP contribution in [0.1, 0.15) is 22.3 Å². The van der Waals surface area contributed by atoms with Crippen molar-refractivity contribution in [1.29, 1.82) is 0 Å². The van der Waals surface area contributed by atoms with Gasteiger partial charge in [-0.3, -0.25) is 0 Å². The van der Waals surface area contributed by atoms with Crippen LogP contribution in [-0.2, 0) is 26.1 Å². The molecule has 1 aliphatic rings. The predicted molar refractivity (Wildman–Crippen MR) is 53.7 cm³/mol. The summed E-state index contributed by atoms with van der Waals surface area (Å²) < 4.78 is 0. The van der Waals surface area contributed by atoms with Gasteiger partial charge in [0.25, 0.3) is 0 Å². The Hall–Kier alpha value is -0.900. The Labute approximate surface area is 83.2 Å². The van der Waals surface area contributed by atoms with Gasteiger partial charge in [-0.15, -0.1) is 0 Å². The van der Waals surface area contributed by atoms with Crippen molar-refractivity contribution in [1.82, 2.24) is 0 Å². The minimum Gasteiger partial charge on any atom is -0.392 e. The van der Waals surface area contributed by atoms with Gasteiger partial charge in [-0.05, 0) is 35.1 Å². The van der Waals surface area contributed by atoms with Crippen LogP contribution in [0.3, 0.4) is 0 Å². The minimum atomic E-state index is -0.0155. The Balaban J connectivity index is 2.43. The highest BCUT2D eigenvalue weighted by molar-refractivity contribution is 5.41. The lowest BCUT2D eigenvalue weighted by molar-refractivity contribution is 0.260. The highest BCUT2D eigenvalue weighted by Crippen LogP contribution is 2.25. The quantitative estimate of drug-likeness (QED) is 0.624. The zero-order valence-electron chi connectivity index (χ0n) is 8.03. The molecule has 0 atom stereocenters. The van der Waals surface area contributed by atoms with Crippen LogP contribution in [0.5, 0.6) is 0 Å². The van der Waals surface area contributed by atoms with E-state index in [9.17, 15) is 0 Å². The maximum atomic E-state index is 9.10. The van der Waals surface area contributed by atoms with Crippen molar-refractivity contribution in [3.8, 4) is 0 Å². The zero-order valence-corrected chi connectivity index (χ0v) is 8.03. The van der Waals surface area contributed by atoms with E-state index in [1.807, 2.05) is 12.1 Å². The molecule has 4 N–H and O–H groups in total. The topological polar surface area (TPSA) is 66.5 Å². The lowest BCUT2D eigenvalue weighted by Gasteiger charge is -2.08. The first-order valence-corrected chi connectivity index (χ1v) is 4.85. The summed E-state index contributed by atoms with van der Waals surface area (Å²) in [5, 5.41) is 18.2. The standard InChI is InChI=1S/C11H15NO2/c12-11-3-7-1-9(5-13)10(6-14)2-8(7)4-11/h1-2,11,13-14H,3-6,12H2. The molecule has 0 aliphatic heterocycles. The van der Waals surface area contributed by atoms with Crippen molar-refractivity contribution in [2.75, 3.05) is 0 Å². The van der Waals surface area contributed by atoms with Crippen molar-refractivity contribution in [3.63, 3.8) is 0 Å². The normalized spacial score (nSPS) is 15.9. The van der Waals surface area contributed by atoms with E-state index in [4.69, 9.17) is 15.9 Å². The predicted octanol–water partition coefficient (Wildman–Crippen LogP) is 0.0971. The van der Waals surface area contributed by atoms with E-state index >= 15 is 0 Å². The molecule has 1 aromatic carbocycles. The first kappa shape index (κ1) is 9.65. The van der Waals surface area contributed by atoms with Gasteiger partial charge in [-0.2, -0.15) is 0 Å². The van der Waals surface area contributed by atoms with E-state index in [0.717, 1.165) is 24.0 Å². The Bertz CT molecular complexity index is 316. The summed E-state index contributed by atoms with van der Waals surface area (Å²) in [6, 6.07) is 4.13. The maximum absolute atomic E-state index is 9.10. The average Bonchev–Trinajstić information content (AvgIpc) is 2.54. The summed E-state index contributed by atoms with van der Waals surface area (Å²) in [6.07, 6.45) is 1.77. The van der Waals surface area contributed by atoms with Crippen LogP contribution < -0.4 is 5.73 Å². The Kier molecular flexibility index (Phi) is 2.54. The Morgan fingerprint density at radius 1 is 1.07 bits per heavy atom. The van der Waals surface area contributed by atoms with Gasteiger partial charge in [0.05, 0.1) is 13.2 Å². The van der Waals surface area contributed by atoms with Gasteiger partial charge >= 0.3 is 0 Å². The number of rotatable bonds is 2. The molecule has 0 saturated carbocycles. The van der Waals surface area contributed by atoms with E-state index in [1.165, 1.54) is 11.1 Å².